The third-order valence-electron chi connectivity index (χ3n) is 4.75. The van der Waals surface area contributed by atoms with E-state index in [2.05, 4.69) is 28.5 Å². The molecule has 0 bridgehead atoms. The van der Waals surface area contributed by atoms with Gasteiger partial charge in [-0.25, -0.2) is 0 Å². The molecule has 1 aliphatic heterocycles. The zero-order valence-electron chi connectivity index (χ0n) is 17.6. The number of aryl methyl sites for hydroxylation is 4. The number of hydrogen-bond donors (Lipinski definition) is 1. The van der Waals surface area contributed by atoms with E-state index in [-0.39, 0.29) is 29.9 Å². The molecule has 0 aromatic carbocycles. The average molecular weight is 514 g/mol. The van der Waals surface area contributed by atoms with Crippen molar-refractivity contribution in [2.45, 2.75) is 33.7 Å². The predicted molar refractivity (Wildman–Crippen MR) is 125 cm³/mol. The molecule has 2 aromatic rings. The molecule has 0 unspecified atom stereocenters. The zero-order chi connectivity index (χ0) is 20.1. The molecule has 0 aliphatic carbocycles. The van der Waals surface area contributed by atoms with Crippen molar-refractivity contribution in [3.05, 3.63) is 29.8 Å². The summed E-state index contributed by atoms with van der Waals surface area (Å²) >= 11 is 0. The van der Waals surface area contributed by atoms with Crippen molar-refractivity contribution in [2.24, 2.45) is 12.0 Å². The van der Waals surface area contributed by atoms with E-state index >= 15 is 0 Å². The number of aliphatic imine (C=N–C) groups is 1. The number of amides is 1. The summed E-state index contributed by atoms with van der Waals surface area (Å²) in [5.41, 5.74) is 3.06. The number of carbonyl (C=O) groups excluding carboxylic acids is 1. The van der Waals surface area contributed by atoms with E-state index < -0.39 is 0 Å². The number of piperazine rings is 1. The minimum atomic E-state index is 0. The van der Waals surface area contributed by atoms with Crippen LogP contribution in [0.2, 0.25) is 0 Å². The van der Waals surface area contributed by atoms with Gasteiger partial charge in [0.2, 0.25) is 5.91 Å². The zero-order valence-corrected chi connectivity index (χ0v) is 20.0. The minimum absolute atomic E-state index is 0. The Hall–Kier alpha value is -2.11. The molecule has 1 amide bonds. The van der Waals surface area contributed by atoms with Crippen LogP contribution in [-0.4, -0.2) is 69.1 Å². The van der Waals surface area contributed by atoms with Crippen LogP contribution in [0.4, 0.5) is 5.69 Å². The molecule has 160 valence electrons. The molecule has 1 saturated heterocycles. The number of aromatic nitrogens is 4. The molecule has 29 heavy (non-hydrogen) atoms. The molecule has 0 saturated carbocycles. The molecule has 1 fully saturated rings. The summed E-state index contributed by atoms with van der Waals surface area (Å²) in [4.78, 5) is 21.2. The first-order valence-electron chi connectivity index (χ1n) is 9.81. The van der Waals surface area contributed by atoms with Gasteiger partial charge < -0.3 is 15.1 Å². The number of nitrogens with zero attached hydrogens (tertiary/aromatic N) is 7. The van der Waals surface area contributed by atoms with Crippen LogP contribution in [-0.2, 0) is 18.4 Å². The fourth-order valence-corrected chi connectivity index (χ4v) is 3.41. The van der Waals surface area contributed by atoms with Crippen LogP contribution in [0.3, 0.4) is 0 Å². The van der Waals surface area contributed by atoms with Gasteiger partial charge in [-0.1, -0.05) is 0 Å². The van der Waals surface area contributed by atoms with Gasteiger partial charge in [0.1, 0.15) is 6.54 Å². The van der Waals surface area contributed by atoms with Gasteiger partial charge in [0.05, 0.1) is 17.6 Å². The van der Waals surface area contributed by atoms with Gasteiger partial charge in [0.15, 0.2) is 5.96 Å². The Morgan fingerprint density at radius 3 is 2.69 bits per heavy atom. The molecule has 1 N–H and O–H groups in total. The lowest BCUT2D eigenvalue weighted by Crippen LogP contribution is -2.55. The van der Waals surface area contributed by atoms with Gasteiger partial charge >= 0.3 is 0 Å². The van der Waals surface area contributed by atoms with E-state index in [1.165, 1.54) is 5.69 Å². The highest BCUT2D eigenvalue weighted by Gasteiger charge is 2.27. The molecule has 1 aliphatic rings. The number of anilines is 1. The second-order valence-corrected chi connectivity index (χ2v) is 7.08. The van der Waals surface area contributed by atoms with Gasteiger partial charge in [-0.2, -0.15) is 10.2 Å². The molecule has 9 nitrogen and oxygen atoms in total. The van der Waals surface area contributed by atoms with E-state index in [0.29, 0.717) is 19.6 Å². The van der Waals surface area contributed by atoms with Crippen molar-refractivity contribution >= 4 is 41.5 Å². The summed E-state index contributed by atoms with van der Waals surface area (Å²) < 4.78 is 3.73. The SMILES string of the molecule is CCNC(=NCCCn1nc(C)cc1C)N1CCN(c2cnn(C)c2)C(=O)C1.I. The number of carbonyl (C=O) groups is 1. The van der Waals surface area contributed by atoms with Crippen molar-refractivity contribution in [1.82, 2.24) is 29.8 Å². The lowest BCUT2D eigenvalue weighted by Gasteiger charge is -2.35. The molecule has 2 aromatic heterocycles. The fraction of sp³-hybridized carbons (Fsp3) is 0.579. The van der Waals surface area contributed by atoms with Crippen LogP contribution >= 0.6 is 24.0 Å². The number of nitrogens with one attached hydrogen (secondary N) is 1. The Morgan fingerprint density at radius 2 is 2.10 bits per heavy atom. The Morgan fingerprint density at radius 1 is 1.31 bits per heavy atom. The summed E-state index contributed by atoms with van der Waals surface area (Å²) in [6, 6.07) is 2.08. The van der Waals surface area contributed by atoms with Crippen molar-refractivity contribution in [3.63, 3.8) is 0 Å². The van der Waals surface area contributed by atoms with Gasteiger partial charge in [-0.05, 0) is 33.3 Å². The molecular formula is C19H31IN8O. The molecule has 0 radical (unpaired) electrons. The maximum Gasteiger partial charge on any atom is 0.246 e. The van der Waals surface area contributed by atoms with Gasteiger partial charge in [0.25, 0.3) is 0 Å². The van der Waals surface area contributed by atoms with Crippen LogP contribution in [0.1, 0.15) is 24.7 Å². The first-order valence-corrected chi connectivity index (χ1v) is 9.81. The number of halogens is 1. The van der Waals surface area contributed by atoms with Crippen LogP contribution < -0.4 is 10.2 Å². The number of hydrogen-bond acceptors (Lipinski definition) is 4. The Kier molecular flexibility index (Phi) is 8.47. The standard InChI is InChI=1S/C19H30N8O.HI/c1-5-20-19(21-7-6-8-27-16(3)11-15(2)23-27)25-9-10-26(18(28)14-25)17-12-22-24(4)13-17;/h11-13H,5-10,14H2,1-4H3,(H,20,21);1H. The number of rotatable bonds is 6. The quantitative estimate of drug-likeness (QED) is 0.274. The van der Waals surface area contributed by atoms with Crippen LogP contribution in [0, 0.1) is 13.8 Å². The average Bonchev–Trinajstić information content (AvgIpc) is 3.22. The van der Waals surface area contributed by atoms with Crippen LogP contribution in [0.5, 0.6) is 0 Å². The Balaban J connectivity index is 0.00000300. The third-order valence-corrected chi connectivity index (χ3v) is 4.75. The van der Waals surface area contributed by atoms with E-state index in [1.54, 1.807) is 15.8 Å². The summed E-state index contributed by atoms with van der Waals surface area (Å²) in [5, 5.41) is 12.0. The highest BCUT2D eigenvalue weighted by atomic mass is 127. The molecule has 3 heterocycles. The molecule has 0 spiro atoms. The maximum absolute atomic E-state index is 12.6. The van der Waals surface area contributed by atoms with Crippen molar-refractivity contribution in [3.8, 4) is 0 Å². The van der Waals surface area contributed by atoms with Crippen LogP contribution in [0.15, 0.2) is 23.5 Å². The van der Waals surface area contributed by atoms with E-state index in [1.807, 2.05) is 36.7 Å². The lowest BCUT2D eigenvalue weighted by molar-refractivity contribution is -0.120. The van der Waals surface area contributed by atoms with Gasteiger partial charge in [0, 0.05) is 51.7 Å². The van der Waals surface area contributed by atoms with Crippen molar-refractivity contribution < 1.29 is 4.79 Å². The van der Waals surface area contributed by atoms with Crippen molar-refractivity contribution in [2.75, 3.05) is 37.6 Å². The first-order chi connectivity index (χ1) is 13.5. The normalized spacial score (nSPS) is 14.9. The first kappa shape index (κ1) is 23.2. The molecule has 0 atom stereocenters. The second kappa shape index (κ2) is 10.6. The predicted octanol–water partition coefficient (Wildman–Crippen LogP) is 1.56. The molecular weight excluding hydrogens is 483 g/mol. The Labute approximate surface area is 189 Å². The molecule has 10 heteroatoms. The summed E-state index contributed by atoms with van der Waals surface area (Å²) in [7, 11) is 1.85. The van der Waals surface area contributed by atoms with Gasteiger partial charge in [-0.15, -0.1) is 24.0 Å². The van der Waals surface area contributed by atoms with E-state index in [0.717, 1.165) is 43.4 Å². The summed E-state index contributed by atoms with van der Waals surface area (Å²) in [6.07, 6.45) is 4.50. The maximum atomic E-state index is 12.6. The van der Waals surface area contributed by atoms with E-state index in [9.17, 15) is 4.79 Å². The minimum Gasteiger partial charge on any atom is -0.357 e. The lowest BCUT2D eigenvalue weighted by atomic mass is 10.3. The highest BCUT2D eigenvalue weighted by Crippen LogP contribution is 2.16. The van der Waals surface area contributed by atoms with E-state index in [4.69, 9.17) is 4.99 Å². The monoisotopic (exact) mass is 514 g/mol. The van der Waals surface area contributed by atoms with Crippen LogP contribution in [0.25, 0.3) is 0 Å². The van der Waals surface area contributed by atoms with Crippen molar-refractivity contribution in [1.29, 1.82) is 0 Å². The summed E-state index contributed by atoms with van der Waals surface area (Å²) in [6.45, 7) is 10.1. The fourth-order valence-electron chi connectivity index (χ4n) is 3.41. The summed E-state index contributed by atoms with van der Waals surface area (Å²) in [5.74, 6) is 0.863. The Bertz CT molecular complexity index is 843. The second-order valence-electron chi connectivity index (χ2n) is 7.08. The molecule has 3 rings (SSSR count). The highest BCUT2D eigenvalue weighted by molar-refractivity contribution is 14.0. The smallest absolute Gasteiger partial charge is 0.246 e. The topological polar surface area (TPSA) is 83.6 Å². The van der Waals surface area contributed by atoms with Gasteiger partial charge in [-0.3, -0.25) is 19.2 Å². The largest absolute Gasteiger partial charge is 0.357 e. The third kappa shape index (κ3) is 5.94. The number of guanidine groups is 1.